The zero-order valence-corrected chi connectivity index (χ0v) is 7.27. The Labute approximate surface area is 64.0 Å². The van der Waals surface area contributed by atoms with Gasteiger partial charge in [0.1, 0.15) is 0 Å². The molecule has 0 aliphatic carbocycles. The van der Waals surface area contributed by atoms with Gasteiger partial charge in [-0.2, -0.15) is 0 Å². The highest BCUT2D eigenvalue weighted by molar-refractivity contribution is 8.19. The van der Waals surface area contributed by atoms with Crippen molar-refractivity contribution >= 4 is 29.3 Å². The fourth-order valence-corrected chi connectivity index (χ4v) is 2.63. The van der Waals surface area contributed by atoms with Gasteiger partial charge in [0, 0.05) is 0 Å². The zero-order chi connectivity index (χ0) is 6.91. The molecule has 52 valence electrons. The molecule has 0 radical (unpaired) electrons. The van der Waals surface area contributed by atoms with Crippen molar-refractivity contribution in [2.24, 2.45) is 0 Å². The van der Waals surface area contributed by atoms with E-state index < -0.39 is 0 Å². The van der Waals surface area contributed by atoms with Crippen LogP contribution in [-0.4, -0.2) is 21.4 Å². The number of hydrogen-bond acceptors (Lipinski definition) is 3. The summed E-state index contributed by atoms with van der Waals surface area (Å²) >= 11 is 3.48. The number of ketones is 1. The minimum Gasteiger partial charge on any atom is -0.298 e. The highest BCUT2D eigenvalue weighted by Gasteiger charge is 2.26. The van der Waals surface area contributed by atoms with Crippen LogP contribution in [0.3, 0.4) is 0 Å². The monoisotopic (exact) mass is 162 g/mol. The first-order chi connectivity index (χ1) is 4.10. The highest BCUT2D eigenvalue weighted by atomic mass is 32.2. The molecule has 1 rings (SSSR count). The van der Waals surface area contributed by atoms with E-state index in [4.69, 9.17) is 0 Å². The minimum absolute atomic E-state index is 0.272. The Kier molecular flexibility index (Phi) is 2.11. The normalized spacial score (nSPS) is 26.2. The number of carbonyl (C=O) groups excluding carboxylic acids is 1. The van der Waals surface area contributed by atoms with Crippen molar-refractivity contribution in [3.8, 4) is 0 Å². The van der Waals surface area contributed by atoms with Gasteiger partial charge in [0.05, 0.1) is 15.6 Å². The molecule has 3 heteroatoms. The molecule has 9 heavy (non-hydrogen) atoms. The summed E-state index contributed by atoms with van der Waals surface area (Å²) in [5.41, 5.74) is 0. The molecule has 1 saturated heterocycles. The van der Waals surface area contributed by atoms with Gasteiger partial charge >= 0.3 is 0 Å². The average Bonchev–Trinajstić information content (AvgIpc) is 1.78. The summed E-state index contributed by atoms with van der Waals surface area (Å²) in [5, 5.41) is 0. The van der Waals surface area contributed by atoms with Gasteiger partial charge < -0.3 is 0 Å². The van der Waals surface area contributed by atoms with E-state index in [-0.39, 0.29) is 4.08 Å². The molecule has 0 unspecified atom stereocenters. The van der Waals surface area contributed by atoms with E-state index in [0.717, 1.165) is 0 Å². The molecule has 0 atom stereocenters. The quantitative estimate of drug-likeness (QED) is 0.540. The van der Waals surface area contributed by atoms with Crippen LogP contribution in [0.15, 0.2) is 0 Å². The maximum Gasteiger partial charge on any atom is 0.152 e. The Balaban J connectivity index is 2.44. The number of carbonyl (C=O) groups is 1. The summed E-state index contributed by atoms with van der Waals surface area (Å²) in [4.78, 5) is 10.7. The molecular formula is C6H10OS2. The summed E-state index contributed by atoms with van der Waals surface area (Å²) in [7, 11) is 0. The molecule has 0 aromatic rings. The predicted octanol–water partition coefficient (Wildman–Crippen LogP) is 1.77. The van der Waals surface area contributed by atoms with Crippen LogP contribution in [0.5, 0.6) is 0 Å². The first kappa shape index (κ1) is 7.48. The van der Waals surface area contributed by atoms with Crippen LogP contribution in [0.4, 0.5) is 0 Å². The molecule has 0 saturated carbocycles. The van der Waals surface area contributed by atoms with Gasteiger partial charge in [-0.3, -0.25) is 4.79 Å². The molecule has 0 bridgehead atoms. The molecule has 1 nitrogen and oxygen atoms in total. The Morgan fingerprint density at radius 1 is 1.33 bits per heavy atom. The van der Waals surface area contributed by atoms with E-state index in [1.165, 1.54) is 0 Å². The maximum absolute atomic E-state index is 10.7. The van der Waals surface area contributed by atoms with E-state index in [1.807, 2.05) is 0 Å². The third kappa shape index (κ3) is 2.22. The van der Waals surface area contributed by atoms with E-state index in [2.05, 4.69) is 13.8 Å². The second kappa shape index (κ2) is 2.54. The third-order valence-corrected chi connectivity index (χ3v) is 4.19. The number of thioether (sulfide) groups is 2. The van der Waals surface area contributed by atoms with Gasteiger partial charge in [-0.25, -0.2) is 0 Å². The third-order valence-electron chi connectivity index (χ3n) is 1.16. The molecule has 1 heterocycles. The molecular weight excluding hydrogens is 152 g/mol. The number of Topliss-reactive ketones (excluding diaryl/α,β-unsaturated/α-hetero) is 1. The van der Waals surface area contributed by atoms with Crippen molar-refractivity contribution in [3.63, 3.8) is 0 Å². The van der Waals surface area contributed by atoms with Crippen LogP contribution in [0, 0.1) is 0 Å². The first-order valence-electron chi connectivity index (χ1n) is 2.90. The van der Waals surface area contributed by atoms with Crippen LogP contribution in [0.1, 0.15) is 13.8 Å². The molecule has 0 spiro atoms. The molecule has 0 N–H and O–H groups in total. The van der Waals surface area contributed by atoms with Gasteiger partial charge in [-0.1, -0.05) is 0 Å². The smallest absolute Gasteiger partial charge is 0.152 e. The maximum atomic E-state index is 10.7. The second-order valence-electron chi connectivity index (χ2n) is 2.52. The van der Waals surface area contributed by atoms with E-state index >= 15 is 0 Å². The van der Waals surface area contributed by atoms with E-state index in [0.29, 0.717) is 17.3 Å². The largest absolute Gasteiger partial charge is 0.298 e. The lowest BCUT2D eigenvalue weighted by Crippen LogP contribution is -2.22. The van der Waals surface area contributed by atoms with Crippen molar-refractivity contribution in [2.45, 2.75) is 17.9 Å². The summed E-state index contributed by atoms with van der Waals surface area (Å²) in [6, 6.07) is 0. The molecule has 1 aliphatic rings. The standard InChI is InChI=1S/C6H10OS2/c1-6(2)8-3-5(7)4-9-6/h3-4H2,1-2H3. The second-order valence-corrected chi connectivity index (χ2v) is 5.97. The van der Waals surface area contributed by atoms with Crippen molar-refractivity contribution in [2.75, 3.05) is 11.5 Å². The Morgan fingerprint density at radius 3 is 2.11 bits per heavy atom. The van der Waals surface area contributed by atoms with Gasteiger partial charge in [-0.15, -0.1) is 23.5 Å². The average molecular weight is 162 g/mol. The van der Waals surface area contributed by atoms with E-state index in [1.54, 1.807) is 23.5 Å². The molecule has 1 fully saturated rings. The summed E-state index contributed by atoms with van der Waals surface area (Å²) in [6.45, 7) is 4.32. The van der Waals surface area contributed by atoms with Gasteiger partial charge in [-0.05, 0) is 13.8 Å². The van der Waals surface area contributed by atoms with Crippen molar-refractivity contribution in [3.05, 3.63) is 0 Å². The SMILES string of the molecule is CC1(C)SCC(=O)CS1. The highest BCUT2D eigenvalue weighted by Crippen LogP contribution is 2.39. The topological polar surface area (TPSA) is 17.1 Å². The molecule has 0 aromatic carbocycles. The number of hydrogen-bond donors (Lipinski definition) is 0. The Hall–Kier alpha value is 0.370. The molecule has 0 amide bonds. The summed E-state index contributed by atoms with van der Waals surface area (Å²) < 4.78 is 0.272. The van der Waals surface area contributed by atoms with Crippen LogP contribution in [0.2, 0.25) is 0 Å². The van der Waals surface area contributed by atoms with Crippen LogP contribution >= 0.6 is 23.5 Å². The zero-order valence-electron chi connectivity index (χ0n) is 5.64. The molecule has 1 aliphatic heterocycles. The van der Waals surface area contributed by atoms with Crippen molar-refractivity contribution in [1.82, 2.24) is 0 Å². The predicted molar refractivity (Wildman–Crippen MR) is 44.0 cm³/mol. The van der Waals surface area contributed by atoms with E-state index in [9.17, 15) is 4.79 Å². The molecule has 0 aromatic heterocycles. The van der Waals surface area contributed by atoms with Crippen LogP contribution in [-0.2, 0) is 4.79 Å². The first-order valence-corrected chi connectivity index (χ1v) is 4.87. The van der Waals surface area contributed by atoms with Gasteiger partial charge in [0.15, 0.2) is 5.78 Å². The van der Waals surface area contributed by atoms with Gasteiger partial charge in [0.25, 0.3) is 0 Å². The van der Waals surface area contributed by atoms with Crippen molar-refractivity contribution in [1.29, 1.82) is 0 Å². The van der Waals surface area contributed by atoms with Crippen LogP contribution in [0.25, 0.3) is 0 Å². The fraction of sp³-hybridized carbons (Fsp3) is 0.833. The van der Waals surface area contributed by atoms with Gasteiger partial charge in [0.2, 0.25) is 0 Å². The summed E-state index contributed by atoms with van der Waals surface area (Å²) in [5.74, 6) is 1.80. The fourth-order valence-electron chi connectivity index (χ4n) is 0.592. The minimum atomic E-state index is 0.272. The Morgan fingerprint density at radius 2 is 1.78 bits per heavy atom. The lowest BCUT2D eigenvalue weighted by atomic mass is 10.5. The lowest BCUT2D eigenvalue weighted by molar-refractivity contribution is -0.114. The van der Waals surface area contributed by atoms with Crippen molar-refractivity contribution < 1.29 is 4.79 Å². The summed E-state index contributed by atoms with van der Waals surface area (Å²) in [6.07, 6.45) is 0. The van der Waals surface area contributed by atoms with Crippen LogP contribution < -0.4 is 0 Å². The Bertz CT molecular complexity index is 119. The number of rotatable bonds is 0. The lowest BCUT2D eigenvalue weighted by Gasteiger charge is -2.26.